The van der Waals surface area contributed by atoms with Gasteiger partial charge in [0.05, 0.1) is 5.75 Å². The van der Waals surface area contributed by atoms with Crippen molar-refractivity contribution in [3.63, 3.8) is 0 Å². The van der Waals surface area contributed by atoms with E-state index in [9.17, 15) is 8.42 Å². The summed E-state index contributed by atoms with van der Waals surface area (Å²) >= 11 is 0. The van der Waals surface area contributed by atoms with Crippen LogP contribution in [0.15, 0.2) is 48.5 Å². The van der Waals surface area contributed by atoms with Crippen molar-refractivity contribution in [2.45, 2.75) is 0 Å². The summed E-state index contributed by atoms with van der Waals surface area (Å²) in [6.07, 6.45) is 3.65. The zero-order valence-electron chi connectivity index (χ0n) is 12.4. The van der Waals surface area contributed by atoms with E-state index in [0.29, 0.717) is 13.1 Å². The molecule has 0 bridgehead atoms. The van der Waals surface area contributed by atoms with Crippen LogP contribution in [0.4, 0.5) is 0 Å². The molecule has 0 aliphatic carbocycles. The third-order valence-corrected chi connectivity index (χ3v) is 5.66. The van der Waals surface area contributed by atoms with E-state index in [1.807, 2.05) is 30.3 Å². The predicted molar refractivity (Wildman–Crippen MR) is 91.2 cm³/mol. The lowest BCUT2D eigenvalue weighted by atomic mass is 10.0. The van der Waals surface area contributed by atoms with E-state index >= 15 is 0 Å². The fourth-order valence-electron chi connectivity index (χ4n) is 2.72. The van der Waals surface area contributed by atoms with Gasteiger partial charge in [-0.2, -0.15) is 4.31 Å². The van der Waals surface area contributed by atoms with Crippen molar-refractivity contribution in [3.8, 4) is 0 Å². The second-order valence-electron chi connectivity index (χ2n) is 5.40. The van der Waals surface area contributed by atoms with Gasteiger partial charge in [0.15, 0.2) is 0 Å². The van der Waals surface area contributed by atoms with E-state index in [0.717, 1.165) is 29.4 Å². The molecule has 1 aliphatic rings. The average Bonchev–Trinajstić information content (AvgIpc) is 2.56. The third kappa shape index (κ3) is 3.38. The number of benzene rings is 2. The van der Waals surface area contributed by atoms with Crippen LogP contribution in [0.25, 0.3) is 16.8 Å². The summed E-state index contributed by atoms with van der Waals surface area (Å²) in [5, 5.41) is 5.47. The largest absolute Gasteiger partial charge is 0.314 e. The molecule has 5 heteroatoms. The highest BCUT2D eigenvalue weighted by Crippen LogP contribution is 2.19. The number of hydrogen-bond acceptors (Lipinski definition) is 3. The van der Waals surface area contributed by atoms with Crippen LogP contribution in [0.1, 0.15) is 5.56 Å². The Kier molecular flexibility index (Phi) is 4.57. The van der Waals surface area contributed by atoms with Gasteiger partial charge in [-0.05, 0) is 16.3 Å². The van der Waals surface area contributed by atoms with Crippen LogP contribution >= 0.6 is 0 Å². The lowest BCUT2D eigenvalue weighted by Gasteiger charge is -2.26. The molecule has 0 amide bonds. The fourth-order valence-corrected chi connectivity index (χ4v) is 4.01. The summed E-state index contributed by atoms with van der Waals surface area (Å²) in [5.74, 6) is 0.0518. The molecule has 22 heavy (non-hydrogen) atoms. The highest BCUT2D eigenvalue weighted by atomic mass is 32.2. The molecule has 1 fully saturated rings. The van der Waals surface area contributed by atoms with Gasteiger partial charge in [0, 0.05) is 26.2 Å². The number of nitrogens with one attached hydrogen (secondary N) is 1. The van der Waals surface area contributed by atoms with Gasteiger partial charge in [-0.25, -0.2) is 8.42 Å². The lowest BCUT2D eigenvalue weighted by molar-refractivity contribution is 0.361. The summed E-state index contributed by atoms with van der Waals surface area (Å²) in [5.41, 5.74) is 1.05. The highest BCUT2D eigenvalue weighted by molar-refractivity contribution is 7.89. The topological polar surface area (TPSA) is 49.4 Å². The molecule has 0 saturated carbocycles. The molecule has 0 atom stereocenters. The minimum absolute atomic E-state index is 0.0518. The first-order valence-electron chi connectivity index (χ1n) is 7.50. The molecule has 0 aromatic heterocycles. The Balaban J connectivity index is 1.76. The monoisotopic (exact) mass is 316 g/mol. The average molecular weight is 316 g/mol. The number of rotatable bonds is 4. The van der Waals surface area contributed by atoms with Gasteiger partial charge >= 0.3 is 0 Å². The normalized spacial score (nSPS) is 17.3. The molecule has 2 aromatic carbocycles. The van der Waals surface area contributed by atoms with Crippen LogP contribution in [0, 0.1) is 0 Å². The number of nitrogens with zero attached hydrogens (tertiary/aromatic N) is 1. The second-order valence-corrected chi connectivity index (χ2v) is 7.41. The molecule has 3 rings (SSSR count). The van der Waals surface area contributed by atoms with Gasteiger partial charge in [-0.1, -0.05) is 54.6 Å². The number of fused-ring (bicyclic) bond motifs is 1. The number of sulfonamides is 1. The van der Waals surface area contributed by atoms with Gasteiger partial charge in [0.1, 0.15) is 0 Å². The summed E-state index contributed by atoms with van der Waals surface area (Å²) < 4.78 is 26.1. The molecule has 0 unspecified atom stereocenters. The van der Waals surface area contributed by atoms with Crippen LogP contribution in [0.3, 0.4) is 0 Å². The zero-order chi connectivity index (χ0) is 15.4. The van der Waals surface area contributed by atoms with E-state index in [1.54, 1.807) is 10.4 Å². The second kappa shape index (κ2) is 6.60. The van der Waals surface area contributed by atoms with Gasteiger partial charge in [-0.3, -0.25) is 0 Å². The van der Waals surface area contributed by atoms with E-state index in [1.165, 1.54) is 0 Å². The van der Waals surface area contributed by atoms with E-state index < -0.39 is 10.0 Å². The third-order valence-electron chi connectivity index (χ3n) is 3.90. The molecule has 1 N–H and O–H groups in total. The summed E-state index contributed by atoms with van der Waals surface area (Å²) in [4.78, 5) is 0. The van der Waals surface area contributed by atoms with Crippen molar-refractivity contribution in [2.75, 3.05) is 31.9 Å². The maximum absolute atomic E-state index is 12.3. The van der Waals surface area contributed by atoms with E-state index in [4.69, 9.17) is 0 Å². The highest BCUT2D eigenvalue weighted by Gasteiger charge is 2.22. The predicted octanol–water partition coefficient (Wildman–Crippen LogP) is 2.09. The van der Waals surface area contributed by atoms with Crippen LogP contribution < -0.4 is 5.32 Å². The maximum Gasteiger partial charge on any atom is 0.217 e. The van der Waals surface area contributed by atoms with Crippen molar-refractivity contribution >= 4 is 26.9 Å². The molecule has 1 saturated heterocycles. The van der Waals surface area contributed by atoms with Crippen molar-refractivity contribution in [3.05, 3.63) is 54.1 Å². The van der Waals surface area contributed by atoms with E-state index in [-0.39, 0.29) is 5.75 Å². The molecular weight excluding hydrogens is 296 g/mol. The minimum atomic E-state index is -3.20. The Bertz CT molecular complexity index is 773. The van der Waals surface area contributed by atoms with Crippen molar-refractivity contribution < 1.29 is 8.42 Å². The van der Waals surface area contributed by atoms with Gasteiger partial charge in [0.25, 0.3) is 0 Å². The van der Waals surface area contributed by atoms with E-state index in [2.05, 4.69) is 23.5 Å². The first kappa shape index (κ1) is 15.2. The quantitative estimate of drug-likeness (QED) is 0.939. The van der Waals surface area contributed by atoms with Crippen LogP contribution in [0.2, 0.25) is 0 Å². The number of hydrogen-bond donors (Lipinski definition) is 1. The first-order chi connectivity index (χ1) is 10.7. The molecule has 0 radical (unpaired) electrons. The lowest BCUT2D eigenvalue weighted by Crippen LogP contribution is -2.46. The van der Waals surface area contributed by atoms with Crippen LogP contribution in [0.5, 0.6) is 0 Å². The first-order valence-corrected chi connectivity index (χ1v) is 9.10. The van der Waals surface area contributed by atoms with Crippen molar-refractivity contribution in [1.29, 1.82) is 0 Å². The Labute approximate surface area is 131 Å². The molecule has 116 valence electrons. The Morgan fingerprint density at radius 3 is 2.59 bits per heavy atom. The van der Waals surface area contributed by atoms with Gasteiger partial charge in [-0.15, -0.1) is 0 Å². The molecule has 1 heterocycles. The molecule has 0 spiro atoms. The smallest absolute Gasteiger partial charge is 0.217 e. The zero-order valence-corrected chi connectivity index (χ0v) is 13.2. The summed E-state index contributed by atoms with van der Waals surface area (Å²) in [6, 6.07) is 14.2. The standard InChI is InChI=1S/C17H20N2O2S/c20-22(21,19-12-10-18-11-13-19)14-4-8-16-7-3-6-15-5-1-2-9-17(15)16/h1-9,18H,10-14H2. The summed E-state index contributed by atoms with van der Waals surface area (Å²) in [7, 11) is -3.20. The Morgan fingerprint density at radius 2 is 1.77 bits per heavy atom. The van der Waals surface area contributed by atoms with Crippen LogP contribution in [-0.2, 0) is 10.0 Å². The fraction of sp³-hybridized carbons (Fsp3) is 0.294. The Hall–Kier alpha value is -1.69. The van der Waals surface area contributed by atoms with Crippen LogP contribution in [-0.4, -0.2) is 44.7 Å². The maximum atomic E-state index is 12.3. The minimum Gasteiger partial charge on any atom is -0.314 e. The molecule has 4 nitrogen and oxygen atoms in total. The molecule has 2 aromatic rings. The van der Waals surface area contributed by atoms with Crippen molar-refractivity contribution in [1.82, 2.24) is 9.62 Å². The van der Waals surface area contributed by atoms with Crippen molar-refractivity contribution in [2.24, 2.45) is 0 Å². The molecule has 1 aliphatic heterocycles. The molecular formula is C17H20N2O2S. The Morgan fingerprint density at radius 1 is 1.05 bits per heavy atom. The summed E-state index contributed by atoms with van der Waals surface area (Å²) in [6.45, 7) is 2.58. The number of piperazine rings is 1. The van der Waals surface area contributed by atoms with Gasteiger partial charge < -0.3 is 5.32 Å². The SMILES string of the molecule is O=S(=O)(CC=Cc1cccc2ccccc12)N1CCNCC1. The van der Waals surface area contributed by atoms with Gasteiger partial charge in [0.2, 0.25) is 10.0 Å².